The van der Waals surface area contributed by atoms with Crippen LogP contribution in [-0.2, 0) is 9.59 Å². The highest BCUT2D eigenvalue weighted by Gasteiger charge is 2.49. The highest BCUT2D eigenvalue weighted by Crippen LogP contribution is 2.34. The Hall–Kier alpha value is -1.27. The quantitative estimate of drug-likeness (QED) is 0.804. The first-order chi connectivity index (χ1) is 7.68. The average molecular weight is 253 g/mol. The summed E-state index contributed by atoms with van der Waals surface area (Å²) in [6.45, 7) is 1.13. The number of nitrogens with one attached hydrogen (secondary N) is 1. The van der Waals surface area contributed by atoms with Crippen LogP contribution in [0.15, 0.2) is 0 Å². The van der Waals surface area contributed by atoms with E-state index < -0.39 is 29.5 Å². The molecule has 1 fully saturated rings. The maximum Gasteiger partial charge on any atom is 0.471 e. The van der Waals surface area contributed by atoms with Gasteiger partial charge in [-0.2, -0.15) is 13.2 Å². The lowest BCUT2D eigenvalue weighted by atomic mass is 9.84. The van der Waals surface area contributed by atoms with Crippen molar-refractivity contribution in [3.63, 3.8) is 0 Å². The minimum absolute atomic E-state index is 0.453. The van der Waals surface area contributed by atoms with E-state index in [1.165, 1.54) is 0 Å². The number of aliphatic carboxylic acids is 1. The van der Waals surface area contributed by atoms with Crippen LogP contribution in [0.25, 0.3) is 0 Å². The first-order valence-corrected chi connectivity index (χ1v) is 5.30. The zero-order chi connectivity index (χ0) is 13.3. The van der Waals surface area contributed by atoms with E-state index in [0.29, 0.717) is 12.8 Å². The minimum atomic E-state index is -5.06. The highest BCUT2D eigenvalue weighted by molar-refractivity contribution is 5.89. The first-order valence-electron chi connectivity index (χ1n) is 5.30. The van der Waals surface area contributed by atoms with Gasteiger partial charge in [-0.25, -0.2) is 4.79 Å². The van der Waals surface area contributed by atoms with Crippen LogP contribution in [0.3, 0.4) is 0 Å². The normalized spacial score (nSPS) is 20.9. The molecule has 0 bridgehead atoms. The van der Waals surface area contributed by atoms with E-state index in [1.807, 2.05) is 0 Å². The van der Waals surface area contributed by atoms with Crippen LogP contribution in [0.1, 0.15) is 32.6 Å². The molecule has 0 aromatic rings. The van der Waals surface area contributed by atoms with Gasteiger partial charge in [0.1, 0.15) is 5.54 Å². The Bertz CT molecular complexity index is 323. The predicted molar refractivity (Wildman–Crippen MR) is 52.2 cm³/mol. The number of carboxylic acid groups (broad SMARTS) is 1. The van der Waals surface area contributed by atoms with Crippen molar-refractivity contribution in [3.8, 4) is 0 Å². The smallest absolute Gasteiger partial charge is 0.471 e. The van der Waals surface area contributed by atoms with Crippen molar-refractivity contribution in [1.29, 1.82) is 0 Å². The van der Waals surface area contributed by atoms with E-state index in [-0.39, 0.29) is 0 Å². The van der Waals surface area contributed by atoms with Gasteiger partial charge in [-0.05, 0) is 25.7 Å². The second-order valence-electron chi connectivity index (χ2n) is 4.44. The van der Waals surface area contributed by atoms with Gasteiger partial charge in [0.15, 0.2) is 0 Å². The third-order valence-electron chi connectivity index (χ3n) is 3.25. The molecule has 0 aromatic carbocycles. The van der Waals surface area contributed by atoms with E-state index in [2.05, 4.69) is 0 Å². The molecule has 0 saturated heterocycles. The largest absolute Gasteiger partial charge is 0.480 e. The zero-order valence-electron chi connectivity index (χ0n) is 9.30. The van der Waals surface area contributed by atoms with Crippen LogP contribution in [-0.4, -0.2) is 28.7 Å². The Labute approximate surface area is 96.2 Å². The third kappa shape index (κ3) is 2.89. The van der Waals surface area contributed by atoms with Gasteiger partial charge in [0.05, 0.1) is 0 Å². The summed E-state index contributed by atoms with van der Waals surface area (Å²) in [5.41, 5.74) is -1.84. The Morgan fingerprint density at radius 2 is 1.71 bits per heavy atom. The maximum absolute atomic E-state index is 12.1. The number of halogens is 3. The molecule has 98 valence electrons. The van der Waals surface area contributed by atoms with Gasteiger partial charge in [0.25, 0.3) is 0 Å². The van der Waals surface area contributed by atoms with Crippen molar-refractivity contribution in [2.45, 2.75) is 44.3 Å². The summed E-state index contributed by atoms with van der Waals surface area (Å²) in [5.74, 6) is -4.08. The molecule has 0 aliphatic heterocycles. The molecule has 0 heterocycles. The van der Waals surface area contributed by atoms with Gasteiger partial charge < -0.3 is 10.4 Å². The SMILES string of the molecule is CC(NC(=O)C(F)(F)F)(C(=O)O)C1CCCC1. The molecule has 1 aliphatic rings. The molecule has 0 radical (unpaired) electrons. The highest BCUT2D eigenvalue weighted by atomic mass is 19.4. The van der Waals surface area contributed by atoms with Crippen molar-refractivity contribution >= 4 is 11.9 Å². The van der Waals surface area contributed by atoms with E-state index in [0.717, 1.165) is 19.8 Å². The van der Waals surface area contributed by atoms with Gasteiger partial charge in [-0.3, -0.25) is 4.79 Å². The van der Waals surface area contributed by atoms with Crippen LogP contribution in [0.4, 0.5) is 13.2 Å². The second kappa shape index (κ2) is 4.54. The molecule has 7 heteroatoms. The fourth-order valence-electron chi connectivity index (χ4n) is 2.14. The average Bonchev–Trinajstić information content (AvgIpc) is 2.68. The minimum Gasteiger partial charge on any atom is -0.480 e. The lowest BCUT2D eigenvalue weighted by molar-refractivity contribution is -0.178. The number of hydrogen-bond acceptors (Lipinski definition) is 2. The number of hydrogen-bond donors (Lipinski definition) is 2. The van der Waals surface area contributed by atoms with Crippen LogP contribution in [0, 0.1) is 5.92 Å². The van der Waals surface area contributed by atoms with E-state index >= 15 is 0 Å². The Balaban J connectivity index is 2.85. The topological polar surface area (TPSA) is 66.4 Å². The standard InChI is InChI=1S/C10H14F3NO3/c1-9(8(16)17,6-4-2-3-5-6)14-7(15)10(11,12)13/h6H,2-5H2,1H3,(H,14,15)(H,16,17). The summed E-state index contributed by atoms with van der Waals surface area (Å²) >= 11 is 0. The molecule has 0 spiro atoms. The van der Waals surface area contributed by atoms with Gasteiger partial charge in [0.2, 0.25) is 0 Å². The molecule has 1 amide bonds. The van der Waals surface area contributed by atoms with Gasteiger partial charge in [-0.1, -0.05) is 12.8 Å². The van der Waals surface area contributed by atoms with E-state index in [1.54, 1.807) is 5.32 Å². The molecule has 4 nitrogen and oxygen atoms in total. The number of rotatable bonds is 3. The molecule has 2 N–H and O–H groups in total. The van der Waals surface area contributed by atoms with Crippen LogP contribution < -0.4 is 5.32 Å². The molecule has 1 saturated carbocycles. The molecule has 17 heavy (non-hydrogen) atoms. The maximum atomic E-state index is 12.1. The fourth-order valence-corrected chi connectivity index (χ4v) is 2.14. The molecule has 0 aromatic heterocycles. The lowest BCUT2D eigenvalue weighted by Crippen LogP contribution is -2.59. The van der Waals surface area contributed by atoms with Gasteiger partial charge >= 0.3 is 18.1 Å². The third-order valence-corrected chi connectivity index (χ3v) is 3.25. The van der Waals surface area contributed by atoms with E-state index in [4.69, 9.17) is 5.11 Å². The molecular weight excluding hydrogens is 239 g/mol. The summed E-state index contributed by atoms with van der Waals surface area (Å²) in [4.78, 5) is 21.9. The Morgan fingerprint density at radius 3 is 2.06 bits per heavy atom. The number of amides is 1. The summed E-state index contributed by atoms with van der Waals surface area (Å²) in [6.07, 6.45) is -2.48. The summed E-state index contributed by atoms with van der Waals surface area (Å²) in [5, 5.41) is 10.6. The number of carbonyl (C=O) groups excluding carboxylic acids is 1. The zero-order valence-corrected chi connectivity index (χ0v) is 9.30. The number of alkyl halides is 3. The molecule has 1 unspecified atom stereocenters. The Kier molecular flexibility index (Phi) is 3.68. The first kappa shape index (κ1) is 13.8. The second-order valence-corrected chi connectivity index (χ2v) is 4.44. The van der Waals surface area contributed by atoms with Crippen LogP contribution in [0.5, 0.6) is 0 Å². The van der Waals surface area contributed by atoms with Crippen LogP contribution in [0.2, 0.25) is 0 Å². The fraction of sp³-hybridized carbons (Fsp3) is 0.800. The number of carboxylic acids is 1. The van der Waals surface area contributed by atoms with Crippen molar-refractivity contribution in [2.75, 3.05) is 0 Å². The molecule has 1 atom stereocenters. The van der Waals surface area contributed by atoms with Crippen LogP contribution >= 0.6 is 0 Å². The predicted octanol–water partition coefficient (Wildman–Crippen LogP) is 1.70. The van der Waals surface area contributed by atoms with Crippen molar-refractivity contribution in [3.05, 3.63) is 0 Å². The summed E-state index contributed by atoms with van der Waals surface area (Å²) in [6, 6.07) is 0. The van der Waals surface area contributed by atoms with Gasteiger partial charge in [0, 0.05) is 0 Å². The molecule has 1 rings (SSSR count). The summed E-state index contributed by atoms with van der Waals surface area (Å²) < 4.78 is 36.4. The van der Waals surface area contributed by atoms with E-state index in [9.17, 15) is 22.8 Å². The summed E-state index contributed by atoms with van der Waals surface area (Å²) in [7, 11) is 0. The molecular formula is C10H14F3NO3. The van der Waals surface area contributed by atoms with Gasteiger partial charge in [-0.15, -0.1) is 0 Å². The van der Waals surface area contributed by atoms with Crippen molar-refractivity contribution in [2.24, 2.45) is 5.92 Å². The Morgan fingerprint density at radius 1 is 1.24 bits per heavy atom. The number of carbonyl (C=O) groups is 2. The monoisotopic (exact) mass is 253 g/mol. The van der Waals surface area contributed by atoms with Crippen molar-refractivity contribution in [1.82, 2.24) is 5.32 Å². The molecule has 1 aliphatic carbocycles. The van der Waals surface area contributed by atoms with Crippen molar-refractivity contribution < 1.29 is 27.9 Å². The lowest BCUT2D eigenvalue weighted by Gasteiger charge is -2.32.